The number of nitrogens with zero attached hydrogens (tertiary/aromatic N) is 2. The van der Waals surface area contributed by atoms with Crippen LogP contribution >= 0.6 is 11.6 Å². The number of ether oxygens (including phenoxy) is 1. The van der Waals surface area contributed by atoms with Crippen LogP contribution in [-0.2, 0) is 11.2 Å². The van der Waals surface area contributed by atoms with Crippen molar-refractivity contribution >= 4 is 35.3 Å². The highest BCUT2D eigenvalue weighted by Gasteiger charge is 2.23. The second-order valence-corrected chi connectivity index (χ2v) is 7.91. The van der Waals surface area contributed by atoms with Crippen LogP contribution in [0.1, 0.15) is 16.7 Å². The lowest BCUT2D eigenvalue weighted by Gasteiger charge is -2.34. The summed E-state index contributed by atoms with van der Waals surface area (Å²) < 4.78 is 5.51. The Bertz CT molecular complexity index is 997. The zero-order chi connectivity index (χ0) is 21.1. The fourth-order valence-electron chi connectivity index (χ4n) is 3.59. The number of nitrogens with one attached hydrogen (secondary N) is 1. The molecular formula is C23H24ClN3O3. The number of urea groups is 1. The molecule has 1 fully saturated rings. The van der Waals surface area contributed by atoms with E-state index in [1.54, 1.807) is 21.9 Å². The Kier molecular flexibility index (Phi) is 5.95. The molecule has 2 aromatic carbocycles. The highest BCUT2D eigenvalue weighted by molar-refractivity contribution is 6.31. The number of piperazine rings is 1. The van der Waals surface area contributed by atoms with Crippen LogP contribution in [-0.4, -0.2) is 54.5 Å². The fraction of sp³-hybridized carbons (Fsp3) is 0.304. The van der Waals surface area contributed by atoms with Gasteiger partial charge in [-0.05, 0) is 54.0 Å². The summed E-state index contributed by atoms with van der Waals surface area (Å²) in [5.74, 6) is 0.887. The Labute approximate surface area is 181 Å². The third-order valence-corrected chi connectivity index (χ3v) is 5.84. The number of benzene rings is 2. The van der Waals surface area contributed by atoms with Crippen LogP contribution in [0, 0.1) is 6.92 Å². The van der Waals surface area contributed by atoms with Crippen molar-refractivity contribution < 1.29 is 14.3 Å². The summed E-state index contributed by atoms with van der Waals surface area (Å²) in [6, 6.07) is 11.2. The monoisotopic (exact) mass is 425 g/mol. The molecule has 1 N–H and O–H groups in total. The van der Waals surface area contributed by atoms with Gasteiger partial charge < -0.3 is 19.9 Å². The molecule has 2 aromatic rings. The van der Waals surface area contributed by atoms with Crippen LogP contribution in [0.3, 0.4) is 0 Å². The second kappa shape index (κ2) is 8.79. The first-order chi connectivity index (χ1) is 14.5. The Morgan fingerprint density at radius 2 is 1.83 bits per heavy atom. The molecule has 3 amide bonds. The molecule has 0 atom stereocenters. The predicted octanol–water partition coefficient (Wildman–Crippen LogP) is 3.97. The van der Waals surface area contributed by atoms with Gasteiger partial charge in [0.15, 0.2) is 0 Å². The molecule has 0 spiro atoms. The van der Waals surface area contributed by atoms with E-state index >= 15 is 0 Å². The van der Waals surface area contributed by atoms with Crippen LogP contribution in [0.25, 0.3) is 6.08 Å². The third kappa shape index (κ3) is 4.60. The maximum atomic E-state index is 12.5. The van der Waals surface area contributed by atoms with E-state index in [2.05, 4.69) is 11.4 Å². The molecule has 156 valence electrons. The summed E-state index contributed by atoms with van der Waals surface area (Å²) in [7, 11) is 0. The van der Waals surface area contributed by atoms with Crippen molar-refractivity contribution in [3.8, 4) is 5.75 Å². The molecule has 0 unspecified atom stereocenters. The quantitative estimate of drug-likeness (QED) is 0.757. The minimum Gasteiger partial charge on any atom is -0.493 e. The molecule has 0 aliphatic carbocycles. The SMILES string of the molecule is Cc1ccc(NC(=O)N2CCN(C(=O)/C=C/c3ccc4c(c3)CCO4)CC2)cc1Cl. The van der Waals surface area contributed by atoms with Crippen molar-refractivity contribution in [2.75, 3.05) is 38.1 Å². The van der Waals surface area contributed by atoms with Gasteiger partial charge in [0.1, 0.15) is 5.75 Å². The molecular weight excluding hydrogens is 402 g/mol. The summed E-state index contributed by atoms with van der Waals surface area (Å²) in [5.41, 5.74) is 3.79. The number of fused-ring (bicyclic) bond motifs is 1. The van der Waals surface area contributed by atoms with Gasteiger partial charge in [0.2, 0.25) is 5.91 Å². The largest absolute Gasteiger partial charge is 0.493 e. The molecule has 6 nitrogen and oxygen atoms in total. The van der Waals surface area contributed by atoms with Crippen LogP contribution in [0.2, 0.25) is 5.02 Å². The van der Waals surface area contributed by atoms with Gasteiger partial charge >= 0.3 is 6.03 Å². The summed E-state index contributed by atoms with van der Waals surface area (Å²) in [4.78, 5) is 28.5. The lowest BCUT2D eigenvalue weighted by atomic mass is 10.1. The number of carbonyl (C=O) groups is 2. The number of anilines is 1. The molecule has 2 aliphatic heterocycles. The van der Waals surface area contributed by atoms with Gasteiger partial charge in [0.05, 0.1) is 6.61 Å². The van der Waals surface area contributed by atoms with E-state index in [1.807, 2.05) is 37.3 Å². The third-order valence-electron chi connectivity index (χ3n) is 5.43. The zero-order valence-electron chi connectivity index (χ0n) is 16.9. The highest BCUT2D eigenvalue weighted by Crippen LogP contribution is 2.26. The maximum Gasteiger partial charge on any atom is 0.321 e. The lowest BCUT2D eigenvalue weighted by Crippen LogP contribution is -2.51. The van der Waals surface area contributed by atoms with Crippen LogP contribution < -0.4 is 10.1 Å². The minimum absolute atomic E-state index is 0.0443. The van der Waals surface area contributed by atoms with Gasteiger partial charge in [0, 0.05) is 49.4 Å². The fourth-order valence-corrected chi connectivity index (χ4v) is 3.77. The first-order valence-corrected chi connectivity index (χ1v) is 10.4. The summed E-state index contributed by atoms with van der Waals surface area (Å²) in [6.07, 6.45) is 4.34. The summed E-state index contributed by atoms with van der Waals surface area (Å²) >= 11 is 6.12. The predicted molar refractivity (Wildman–Crippen MR) is 118 cm³/mol. The molecule has 4 rings (SSSR count). The van der Waals surface area contributed by atoms with Crippen molar-refractivity contribution in [2.45, 2.75) is 13.3 Å². The Morgan fingerprint density at radius 1 is 1.07 bits per heavy atom. The van der Waals surface area contributed by atoms with Gasteiger partial charge in [-0.15, -0.1) is 0 Å². The van der Waals surface area contributed by atoms with Gasteiger partial charge in [-0.3, -0.25) is 4.79 Å². The number of hydrogen-bond acceptors (Lipinski definition) is 3. The maximum absolute atomic E-state index is 12.5. The van der Waals surface area contributed by atoms with Crippen LogP contribution in [0.4, 0.5) is 10.5 Å². The van der Waals surface area contributed by atoms with Gasteiger partial charge in [-0.2, -0.15) is 0 Å². The van der Waals surface area contributed by atoms with E-state index < -0.39 is 0 Å². The Hall–Kier alpha value is -2.99. The minimum atomic E-state index is -0.182. The van der Waals surface area contributed by atoms with Crippen LogP contribution in [0.5, 0.6) is 5.75 Å². The first kappa shape index (κ1) is 20.3. The number of rotatable bonds is 3. The van der Waals surface area contributed by atoms with E-state index in [1.165, 1.54) is 5.56 Å². The van der Waals surface area contributed by atoms with E-state index in [-0.39, 0.29) is 11.9 Å². The van der Waals surface area contributed by atoms with Crippen molar-refractivity contribution in [1.82, 2.24) is 9.80 Å². The Morgan fingerprint density at radius 3 is 2.60 bits per heavy atom. The molecule has 0 radical (unpaired) electrons. The Balaban J connectivity index is 1.28. The summed E-state index contributed by atoms with van der Waals surface area (Å²) in [6.45, 7) is 4.61. The average molecular weight is 426 g/mol. The topological polar surface area (TPSA) is 61.9 Å². The molecule has 0 saturated carbocycles. The number of aryl methyl sites for hydroxylation is 1. The molecule has 0 aromatic heterocycles. The van der Waals surface area contributed by atoms with Gasteiger partial charge in [-0.1, -0.05) is 23.7 Å². The number of hydrogen-bond donors (Lipinski definition) is 1. The molecule has 2 aliphatic rings. The van der Waals surface area contributed by atoms with Gasteiger partial charge in [0.25, 0.3) is 0 Å². The van der Waals surface area contributed by atoms with E-state index in [0.29, 0.717) is 36.9 Å². The normalized spacial score (nSPS) is 15.8. The van der Waals surface area contributed by atoms with Crippen molar-refractivity contribution in [3.63, 3.8) is 0 Å². The molecule has 7 heteroatoms. The molecule has 30 heavy (non-hydrogen) atoms. The standard InChI is InChI=1S/C23H24ClN3O3/c1-16-2-5-19(15-20(16)24)25-23(29)27-11-9-26(10-12-27)22(28)7-4-17-3-6-21-18(14-17)8-13-30-21/h2-7,14-15H,8-13H2,1H3,(H,25,29)/b7-4+. The lowest BCUT2D eigenvalue weighted by molar-refractivity contribution is -0.127. The van der Waals surface area contributed by atoms with Gasteiger partial charge in [-0.25, -0.2) is 4.79 Å². The summed E-state index contributed by atoms with van der Waals surface area (Å²) in [5, 5.41) is 3.48. The number of amides is 3. The van der Waals surface area contributed by atoms with E-state index in [4.69, 9.17) is 16.3 Å². The second-order valence-electron chi connectivity index (χ2n) is 7.51. The molecule has 1 saturated heterocycles. The van der Waals surface area contributed by atoms with Crippen molar-refractivity contribution in [2.24, 2.45) is 0 Å². The van der Waals surface area contributed by atoms with Crippen molar-refractivity contribution in [3.05, 3.63) is 64.2 Å². The smallest absolute Gasteiger partial charge is 0.321 e. The molecule has 2 heterocycles. The average Bonchev–Trinajstić information content (AvgIpc) is 3.22. The number of carbonyl (C=O) groups excluding carboxylic acids is 2. The van der Waals surface area contributed by atoms with E-state index in [0.717, 1.165) is 29.9 Å². The van der Waals surface area contributed by atoms with E-state index in [9.17, 15) is 9.59 Å². The van der Waals surface area contributed by atoms with Crippen molar-refractivity contribution in [1.29, 1.82) is 0 Å². The molecule has 0 bridgehead atoms. The first-order valence-electron chi connectivity index (χ1n) is 10.0. The highest BCUT2D eigenvalue weighted by atomic mass is 35.5. The van der Waals surface area contributed by atoms with Crippen LogP contribution in [0.15, 0.2) is 42.5 Å². The zero-order valence-corrected chi connectivity index (χ0v) is 17.6. The number of halogens is 1.